The molecule has 0 aliphatic heterocycles. The van der Waals surface area contributed by atoms with E-state index in [1.807, 2.05) is 7.05 Å². The summed E-state index contributed by atoms with van der Waals surface area (Å²) in [5, 5.41) is 11.0. The quantitative estimate of drug-likeness (QED) is 0.840. The Hall–Kier alpha value is -1.33. The standard InChI is InChI=1S/C13H17N3OS/c1-9(14-3)11-4-6-12(7-5-11)18-8-13-16-15-10(2)17-13/h4-7,9,14H,8H2,1-3H3. The Morgan fingerprint density at radius 3 is 2.56 bits per heavy atom. The normalized spacial score (nSPS) is 12.6. The van der Waals surface area contributed by atoms with Gasteiger partial charge in [-0.25, -0.2) is 0 Å². The fourth-order valence-corrected chi connectivity index (χ4v) is 2.30. The molecule has 0 aliphatic rings. The minimum atomic E-state index is 0.377. The van der Waals surface area contributed by atoms with Crippen molar-refractivity contribution in [2.24, 2.45) is 0 Å². The predicted octanol–water partition coefficient (Wildman–Crippen LogP) is 2.95. The first-order chi connectivity index (χ1) is 8.69. The van der Waals surface area contributed by atoms with E-state index < -0.39 is 0 Å². The van der Waals surface area contributed by atoms with Crippen LogP contribution in [0.5, 0.6) is 0 Å². The molecule has 4 nitrogen and oxygen atoms in total. The molecule has 0 saturated carbocycles. The largest absolute Gasteiger partial charge is 0.425 e. The molecule has 0 aliphatic carbocycles. The third-order valence-corrected chi connectivity index (χ3v) is 3.74. The smallest absolute Gasteiger partial charge is 0.226 e. The second-order valence-electron chi connectivity index (χ2n) is 4.08. The first-order valence-electron chi connectivity index (χ1n) is 5.88. The van der Waals surface area contributed by atoms with E-state index in [1.54, 1.807) is 18.7 Å². The third kappa shape index (κ3) is 3.34. The zero-order valence-corrected chi connectivity index (χ0v) is 11.6. The van der Waals surface area contributed by atoms with Crippen molar-refractivity contribution in [3.8, 4) is 0 Å². The molecule has 1 atom stereocenters. The number of nitrogens with zero attached hydrogens (tertiary/aromatic N) is 2. The molecule has 18 heavy (non-hydrogen) atoms. The number of aromatic nitrogens is 2. The molecule has 0 saturated heterocycles. The Labute approximate surface area is 111 Å². The van der Waals surface area contributed by atoms with Gasteiger partial charge in [0.25, 0.3) is 0 Å². The summed E-state index contributed by atoms with van der Waals surface area (Å²) in [5.41, 5.74) is 1.29. The number of hydrogen-bond donors (Lipinski definition) is 1. The maximum atomic E-state index is 5.33. The van der Waals surface area contributed by atoms with Crippen LogP contribution >= 0.6 is 11.8 Å². The van der Waals surface area contributed by atoms with E-state index in [-0.39, 0.29) is 0 Å². The van der Waals surface area contributed by atoms with Crippen molar-refractivity contribution in [2.75, 3.05) is 7.05 Å². The van der Waals surface area contributed by atoms with Crippen LogP contribution in [0, 0.1) is 6.92 Å². The summed E-state index contributed by atoms with van der Waals surface area (Å²) >= 11 is 1.70. The first kappa shape index (κ1) is 13.1. The van der Waals surface area contributed by atoms with E-state index in [0.717, 1.165) is 0 Å². The molecule has 0 radical (unpaired) electrons. The van der Waals surface area contributed by atoms with Gasteiger partial charge >= 0.3 is 0 Å². The molecular formula is C13H17N3OS. The van der Waals surface area contributed by atoms with Crippen molar-refractivity contribution < 1.29 is 4.42 Å². The van der Waals surface area contributed by atoms with Gasteiger partial charge in [-0.3, -0.25) is 0 Å². The Bertz CT molecular complexity index is 495. The zero-order chi connectivity index (χ0) is 13.0. The fourth-order valence-electron chi connectivity index (χ4n) is 1.56. The van der Waals surface area contributed by atoms with Crippen LogP contribution in [0.25, 0.3) is 0 Å². The van der Waals surface area contributed by atoms with Crippen LogP contribution in [0.15, 0.2) is 33.6 Å². The first-order valence-corrected chi connectivity index (χ1v) is 6.86. The van der Waals surface area contributed by atoms with Gasteiger partial charge in [-0.05, 0) is 31.7 Å². The maximum absolute atomic E-state index is 5.33. The van der Waals surface area contributed by atoms with Gasteiger partial charge in [0.05, 0.1) is 5.75 Å². The van der Waals surface area contributed by atoms with Crippen molar-refractivity contribution in [1.29, 1.82) is 0 Å². The van der Waals surface area contributed by atoms with E-state index >= 15 is 0 Å². The number of nitrogens with one attached hydrogen (secondary N) is 1. The molecule has 96 valence electrons. The van der Waals surface area contributed by atoms with Crippen LogP contribution in [0.2, 0.25) is 0 Å². The van der Waals surface area contributed by atoms with Crippen molar-refractivity contribution in [2.45, 2.75) is 30.5 Å². The van der Waals surface area contributed by atoms with Gasteiger partial charge in [-0.2, -0.15) is 0 Å². The summed E-state index contributed by atoms with van der Waals surface area (Å²) in [6.45, 7) is 3.94. The molecule has 1 N–H and O–H groups in total. The van der Waals surface area contributed by atoms with Gasteiger partial charge in [-0.1, -0.05) is 12.1 Å². The maximum Gasteiger partial charge on any atom is 0.226 e. The molecule has 1 aromatic carbocycles. The van der Waals surface area contributed by atoms with Crippen molar-refractivity contribution >= 4 is 11.8 Å². The predicted molar refractivity (Wildman–Crippen MR) is 72.5 cm³/mol. The minimum Gasteiger partial charge on any atom is -0.425 e. The number of aryl methyl sites for hydroxylation is 1. The van der Waals surface area contributed by atoms with Crippen LogP contribution in [-0.2, 0) is 5.75 Å². The highest BCUT2D eigenvalue weighted by molar-refractivity contribution is 7.98. The molecule has 0 amide bonds. The summed E-state index contributed by atoms with van der Waals surface area (Å²) in [7, 11) is 1.96. The second-order valence-corrected chi connectivity index (χ2v) is 5.13. The van der Waals surface area contributed by atoms with Gasteiger partial charge in [0, 0.05) is 17.9 Å². The Kier molecular flexibility index (Phi) is 4.38. The monoisotopic (exact) mass is 263 g/mol. The highest BCUT2D eigenvalue weighted by atomic mass is 32.2. The van der Waals surface area contributed by atoms with Gasteiger partial charge in [0.15, 0.2) is 0 Å². The Morgan fingerprint density at radius 2 is 2.00 bits per heavy atom. The average molecular weight is 263 g/mol. The highest BCUT2D eigenvalue weighted by Gasteiger charge is 2.05. The number of rotatable bonds is 5. The molecule has 1 heterocycles. The lowest BCUT2D eigenvalue weighted by Gasteiger charge is -2.10. The number of thioether (sulfide) groups is 1. The second kappa shape index (κ2) is 6.02. The highest BCUT2D eigenvalue weighted by Crippen LogP contribution is 2.23. The molecule has 2 rings (SSSR count). The van der Waals surface area contributed by atoms with E-state index in [4.69, 9.17) is 4.42 Å². The van der Waals surface area contributed by atoms with Crippen LogP contribution in [0.3, 0.4) is 0 Å². The lowest BCUT2D eigenvalue weighted by atomic mass is 10.1. The van der Waals surface area contributed by atoms with Gasteiger partial charge in [-0.15, -0.1) is 22.0 Å². The van der Waals surface area contributed by atoms with E-state index in [2.05, 4.69) is 46.7 Å². The zero-order valence-electron chi connectivity index (χ0n) is 10.8. The van der Waals surface area contributed by atoms with Gasteiger partial charge in [0.1, 0.15) is 0 Å². The van der Waals surface area contributed by atoms with Gasteiger partial charge < -0.3 is 9.73 Å². The molecule has 1 unspecified atom stereocenters. The minimum absolute atomic E-state index is 0.377. The van der Waals surface area contributed by atoms with Crippen molar-refractivity contribution in [3.63, 3.8) is 0 Å². The molecule has 2 aromatic rings. The molecule has 0 bridgehead atoms. The summed E-state index contributed by atoms with van der Waals surface area (Å²) in [6.07, 6.45) is 0. The van der Waals surface area contributed by atoms with Crippen LogP contribution < -0.4 is 5.32 Å². The average Bonchev–Trinajstić information content (AvgIpc) is 2.82. The van der Waals surface area contributed by atoms with E-state index in [9.17, 15) is 0 Å². The van der Waals surface area contributed by atoms with E-state index in [1.165, 1.54) is 10.5 Å². The summed E-state index contributed by atoms with van der Waals surface area (Å²) in [6, 6.07) is 8.90. The molecule has 5 heteroatoms. The number of hydrogen-bond acceptors (Lipinski definition) is 5. The SMILES string of the molecule is CNC(C)c1ccc(SCc2nnc(C)o2)cc1. The Morgan fingerprint density at radius 1 is 1.28 bits per heavy atom. The van der Waals surface area contributed by atoms with Crippen LogP contribution in [-0.4, -0.2) is 17.2 Å². The molecule has 0 spiro atoms. The lowest BCUT2D eigenvalue weighted by Crippen LogP contribution is -2.11. The molecular weight excluding hydrogens is 246 g/mol. The van der Waals surface area contributed by atoms with Crippen molar-refractivity contribution in [3.05, 3.63) is 41.6 Å². The van der Waals surface area contributed by atoms with E-state index in [0.29, 0.717) is 23.6 Å². The summed E-state index contributed by atoms with van der Waals surface area (Å²) < 4.78 is 5.33. The van der Waals surface area contributed by atoms with Crippen LogP contribution in [0.1, 0.15) is 30.3 Å². The van der Waals surface area contributed by atoms with Crippen LogP contribution in [0.4, 0.5) is 0 Å². The Balaban J connectivity index is 1.94. The summed E-state index contributed by atoms with van der Waals surface area (Å²) in [5.74, 6) is 2.00. The van der Waals surface area contributed by atoms with Crippen molar-refractivity contribution in [1.82, 2.24) is 15.5 Å². The molecule has 0 fully saturated rings. The topological polar surface area (TPSA) is 51.0 Å². The fraction of sp³-hybridized carbons (Fsp3) is 0.385. The molecule has 1 aromatic heterocycles. The number of benzene rings is 1. The third-order valence-electron chi connectivity index (χ3n) is 2.74. The summed E-state index contributed by atoms with van der Waals surface area (Å²) in [4.78, 5) is 1.21. The lowest BCUT2D eigenvalue weighted by molar-refractivity contribution is 0.485. The van der Waals surface area contributed by atoms with Gasteiger partial charge in [0.2, 0.25) is 11.8 Å².